The summed E-state index contributed by atoms with van der Waals surface area (Å²) in [6.07, 6.45) is -0.395. The molecule has 2 aliphatic carbocycles. The molecule has 0 aliphatic heterocycles. The number of rotatable bonds is 10. The molecule has 3 N–H and O–H groups in total. The van der Waals surface area contributed by atoms with Crippen molar-refractivity contribution in [1.82, 2.24) is 15.5 Å². The molecule has 2 aromatic heterocycles. The van der Waals surface area contributed by atoms with Gasteiger partial charge in [-0.3, -0.25) is 0 Å². The topological polar surface area (TPSA) is 110 Å². The van der Waals surface area contributed by atoms with Crippen LogP contribution in [0, 0.1) is 17.7 Å². The van der Waals surface area contributed by atoms with Crippen molar-refractivity contribution in [2.75, 3.05) is 5.32 Å². The monoisotopic (exact) mass is 632 g/mol. The molecule has 6 rings (SSSR count). The maximum absolute atomic E-state index is 14.6. The lowest BCUT2D eigenvalue weighted by Crippen LogP contribution is -2.47. The molecule has 0 saturated heterocycles. The molecule has 0 radical (unpaired) electrons. The summed E-state index contributed by atoms with van der Waals surface area (Å²) >= 11 is 1.24. The summed E-state index contributed by atoms with van der Waals surface area (Å²) in [5, 5.41) is 21.2. The van der Waals surface area contributed by atoms with E-state index in [4.69, 9.17) is 4.52 Å². The summed E-state index contributed by atoms with van der Waals surface area (Å²) in [4.78, 5) is 15.8. The van der Waals surface area contributed by atoms with Gasteiger partial charge >= 0.3 is 12.3 Å². The molecule has 4 atom stereocenters. The van der Waals surface area contributed by atoms with Crippen LogP contribution < -0.4 is 15.4 Å². The van der Waals surface area contributed by atoms with Gasteiger partial charge in [0.1, 0.15) is 22.7 Å². The number of carboxylic acid groups (broad SMARTS) is 1. The molecule has 2 aliphatic rings. The number of aromatic nitrogens is 2. The van der Waals surface area contributed by atoms with Gasteiger partial charge in [0.2, 0.25) is 0 Å². The van der Waals surface area contributed by atoms with Crippen LogP contribution in [-0.4, -0.2) is 39.7 Å². The quantitative estimate of drug-likeness (QED) is 0.151. The number of thiazole rings is 1. The molecule has 4 aromatic rings. The van der Waals surface area contributed by atoms with Crippen molar-refractivity contribution in [3.8, 4) is 17.0 Å². The third-order valence-electron chi connectivity index (χ3n) is 8.58. The molecule has 234 valence electrons. The Labute approximate surface area is 254 Å². The minimum absolute atomic E-state index is 0.0696. The number of ether oxygens (including phenoxy) is 1. The van der Waals surface area contributed by atoms with Crippen LogP contribution in [0.15, 0.2) is 40.9 Å². The normalized spacial score (nSPS) is 22.3. The number of hydrogen-bond acceptors (Lipinski definition) is 8. The zero-order valence-corrected chi connectivity index (χ0v) is 24.9. The second-order valence-corrected chi connectivity index (χ2v) is 12.7. The number of hydrogen-bond donors (Lipinski definition) is 3. The number of carboxylic acids is 1. The van der Waals surface area contributed by atoms with Crippen molar-refractivity contribution in [3.63, 3.8) is 0 Å². The van der Waals surface area contributed by atoms with Gasteiger partial charge in [0.25, 0.3) is 0 Å². The Morgan fingerprint density at radius 1 is 1.20 bits per heavy atom. The van der Waals surface area contributed by atoms with Crippen LogP contribution in [0.4, 0.5) is 22.7 Å². The SMILES string of the molecule is CCC1CC(NCc2c(-c3ccccc3OC(F)(F)F)noc2C2CC2)CC(C)C1Nc1nc2c(F)cc(C(=O)O)cc2s1. The first-order valence-corrected chi connectivity index (χ1v) is 15.5. The molecule has 2 fully saturated rings. The third kappa shape index (κ3) is 6.39. The van der Waals surface area contributed by atoms with Crippen LogP contribution in [0.2, 0.25) is 0 Å². The Bertz CT molecular complexity index is 1670. The molecule has 2 saturated carbocycles. The highest BCUT2D eigenvalue weighted by atomic mass is 32.1. The van der Waals surface area contributed by atoms with Crippen LogP contribution in [0.1, 0.15) is 73.6 Å². The van der Waals surface area contributed by atoms with E-state index in [0.717, 1.165) is 43.7 Å². The van der Waals surface area contributed by atoms with Crippen LogP contribution in [0.25, 0.3) is 21.5 Å². The maximum Gasteiger partial charge on any atom is 0.573 e. The van der Waals surface area contributed by atoms with E-state index in [1.165, 1.54) is 29.5 Å². The van der Waals surface area contributed by atoms with E-state index in [1.54, 1.807) is 12.1 Å². The van der Waals surface area contributed by atoms with E-state index < -0.39 is 18.1 Å². The highest BCUT2D eigenvalue weighted by Gasteiger charge is 2.38. The largest absolute Gasteiger partial charge is 0.573 e. The summed E-state index contributed by atoms with van der Waals surface area (Å²) in [7, 11) is 0. The highest BCUT2D eigenvalue weighted by molar-refractivity contribution is 7.22. The zero-order valence-electron chi connectivity index (χ0n) is 24.1. The van der Waals surface area contributed by atoms with Crippen LogP contribution in [0.3, 0.4) is 0 Å². The molecule has 2 aromatic carbocycles. The third-order valence-corrected chi connectivity index (χ3v) is 9.51. The summed E-state index contributed by atoms with van der Waals surface area (Å²) in [6, 6.07) is 8.60. The highest BCUT2D eigenvalue weighted by Crippen LogP contribution is 2.46. The zero-order chi connectivity index (χ0) is 31.2. The molecule has 0 bridgehead atoms. The van der Waals surface area contributed by atoms with E-state index in [-0.39, 0.29) is 52.2 Å². The summed E-state index contributed by atoms with van der Waals surface area (Å²) < 4.78 is 64.5. The van der Waals surface area contributed by atoms with Crippen LogP contribution in [0.5, 0.6) is 5.75 Å². The lowest BCUT2D eigenvalue weighted by Gasteiger charge is -2.41. The van der Waals surface area contributed by atoms with Crippen molar-refractivity contribution in [2.45, 2.75) is 76.9 Å². The van der Waals surface area contributed by atoms with E-state index in [9.17, 15) is 27.5 Å². The van der Waals surface area contributed by atoms with Gasteiger partial charge in [-0.1, -0.05) is 48.9 Å². The van der Waals surface area contributed by atoms with Crippen molar-refractivity contribution >= 4 is 32.7 Å². The first-order chi connectivity index (χ1) is 21.0. The number of benzene rings is 2. The average Bonchev–Trinajstić information content (AvgIpc) is 3.59. The Morgan fingerprint density at radius 3 is 2.68 bits per heavy atom. The van der Waals surface area contributed by atoms with E-state index in [2.05, 4.69) is 39.4 Å². The van der Waals surface area contributed by atoms with Crippen LogP contribution >= 0.6 is 11.3 Å². The second kappa shape index (κ2) is 12.0. The van der Waals surface area contributed by atoms with Gasteiger partial charge < -0.3 is 25.0 Å². The number of nitrogens with one attached hydrogen (secondary N) is 2. The number of halogens is 4. The number of carbonyl (C=O) groups is 1. The number of alkyl halides is 3. The Balaban J connectivity index is 1.18. The standard InChI is InChI=1S/C31H32F4N4O4S/c1-3-16-11-19(10-15(2)25(16)37-30-38-27-22(32)12-18(29(40)41)13-24(27)44-30)36-14-21-26(39-43-28(21)17-8-9-17)20-6-4-5-7-23(20)42-31(33,34)35/h4-7,12-13,15-17,19,25,36H,3,8-11,14H2,1-2H3,(H,37,38)(H,40,41). The maximum atomic E-state index is 14.6. The fraction of sp³-hybridized carbons (Fsp3) is 0.452. The predicted molar refractivity (Wildman–Crippen MR) is 157 cm³/mol. The van der Waals surface area contributed by atoms with Gasteiger partial charge in [-0.25, -0.2) is 14.2 Å². The second-order valence-electron chi connectivity index (χ2n) is 11.7. The lowest BCUT2D eigenvalue weighted by molar-refractivity contribution is -0.274. The lowest BCUT2D eigenvalue weighted by atomic mass is 9.74. The van der Waals surface area contributed by atoms with E-state index >= 15 is 0 Å². The van der Waals surface area contributed by atoms with Crippen molar-refractivity contribution < 1.29 is 36.7 Å². The van der Waals surface area contributed by atoms with Crippen molar-refractivity contribution in [3.05, 3.63) is 59.1 Å². The molecule has 44 heavy (non-hydrogen) atoms. The number of anilines is 1. The summed E-state index contributed by atoms with van der Waals surface area (Å²) in [5.41, 5.74) is 1.37. The molecular formula is C31H32F4N4O4S. The minimum atomic E-state index is -4.84. The average molecular weight is 633 g/mol. The molecular weight excluding hydrogens is 600 g/mol. The fourth-order valence-electron chi connectivity index (χ4n) is 6.33. The number of nitrogens with zero attached hydrogens (tertiary/aromatic N) is 2. The molecule has 0 amide bonds. The van der Waals surface area contributed by atoms with Crippen molar-refractivity contribution in [1.29, 1.82) is 0 Å². The molecule has 2 heterocycles. The van der Waals surface area contributed by atoms with Gasteiger partial charge in [0.15, 0.2) is 10.9 Å². The van der Waals surface area contributed by atoms with E-state index in [0.29, 0.717) is 27.8 Å². The Kier molecular flexibility index (Phi) is 8.27. The number of aromatic carboxylic acids is 1. The predicted octanol–water partition coefficient (Wildman–Crippen LogP) is 7.96. The number of para-hydroxylation sites is 1. The molecule has 8 nitrogen and oxygen atoms in total. The molecule has 13 heteroatoms. The fourth-order valence-corrected chi connectivity index (χ4v) is 7.29. The molecule has 0 spiro atoms. The Hall–Kier alpha value is -3.71. The van der Waals surface area contributed by atoms with Gasteiger partial charge in [0, 0.05) is 35.7 Å². The minimum Gasteiger partial charge on any atom is -0.478 e. The summed E-state index contributed by atoms with van der Waals surface area (Å²) in [5.74, 6) is -0.798. The first kappa shape index (κ1) is 30.3. The summed E-state index contributed by atoms with van der Waals surface area (Å²) in [6.45, 7) is 4.66. The van der Waals surface area contributed by atoms with Gasteiger partial charge in [0.05, 0.1) is 10.3 Å². The van der Waals surface area contributed by atoms with Gasteiger partial charge in [-0.05, 0) is 61.8 Å². The van der Waals surface area contributed by atoms with Gasteiger partial charge in [-0.2, -0.15) is 0 Å². The van der Waals surface area contributed by atoms with Gasteiger partial charge in [-0.15, -0.1) is 13.2 Å². The first-order valence-electron chi connectivity index (χ1n) is 14.7. The van der Waals surface area contributed by atoms with Crippen molar-refractivity contribution in [2.24, 2.45) is 11.8 Å². The van der Waals surface area contributed by atoms with E-state index in [1.807, 2.05) is 0 Å². The Morgan fingerprint density at radius 2 is 1.98 bits per heavy atom. The smallest absolute Gasteiger partial charge is 0.478 e. The number of fused-ring (bicyclic) bond motifs is 1. The van der Waals surface area contributed by atoms with Crippen LogP contribution in [-0.2, 0) is 6.54 Å². The molecule has 4 unspecified atom stereocenters.